The molecule has 0 radical (unpaired) electrons. The molecule has 110 valence electrons. The van der Waals surface area contributed by atoms with Gasteiger partial charge in [-0.2, -0.15) is 0 Å². The summed E-state index contributed by atoms with van der Waals surface area (Å²) >= 11 is 0. The SMILES string of the molecule is COC(=O)C1(Nc2cccc(C)c2)CC(C)(C)CC1C. The van der Waals surface area contributed by atoms with Crippen LogP contribution in [0.25, 0.3) is 0 Å². The van der Waals surface area contributed by atoms with Gasteiger partial charge >= 0.3 is 5.97 Å². The number of nitrogens with one attached hydrogen (secondary N) is 1. The standard InChI is InChI=1S/C17H25NO2/c1-12-7-6-8-14(9-12)18-17(15(19)20-5)11-16(3,4)10-13(17)2/h6-9,13,18H,10-11H2,1-5H3. The lowest BCUT2D eigenvalue weighted by Crippen LogP contribution is -2.49. The molecule has 1 aromatic carbocycles. The van der Waals surface area contributed by atoms with Crippen molar-refractivity contribution in [1.29, 1.82) is 0 Å². The Labute approximate surface area is 121 Å². The molecule has 2 atom stereocenters. The second-order valence-electron chi connectivity index (χ2n) is 6.90. The Hall–Kier alpha value is -1.51. The van der Waals surface area contributed by atoms with Crippen LogP contribution in [-0.4, -0.2) is 18.6 Å². The lowest BCUT2D eigenvalue weighted by molar-refractivity contribution is -0.147. The molecule has 0 saturated heterocycles. The molecular formula is C17H25NO2. The number of hydrogen-bond donors (Lipinski definition) is 1. The van der Waals surface area contributed by atoms with Crippen molar-refractivity contribution in [3.8, 4) is 0 Å². The Bertz CT molecular complexity index is 509. The molecule has 0 heterocycles. The van der Waals surface area contributed by atoms with Crippen LogP contribution < -0.4 is 5.32 Å². The maximum Gasteiger partial charge on any atom is 0.331 e. The van der Waals surface area contributed by atoms with Gasteiger partial charge in [-0.05, 0) is 48.8 Å². The Balaban J connectivity index is 2.36. The fourth-order valence-corrected chi connectivity index (χ4v) is 3.66. The molecule has 1 aliphatic carbocycles. The molecular weight excluding hydrogens is 250 g/mol. The predicted molar refractivity (Wildman–Crippen MR) is 81.7 cm³/mol. The van der Waals surface area contributed by atoms with E-state index < -0.39 is 5.54 Å². The van der Waals surface area contributed by atoms with Gasteiger partial charge in [-0.25, -0.2) is 4.79 Å². The number of ether oxygens (including phenoxy) is 1. The highest BCUT2D eigenvalue weighted by atomic mass is 16.5. The summed E-state index contributed by atoms with van der Waals surface area (Å²) in [5.74, 6) is 0.0857. The number of hydrogen-bond acceptors (Lipinski definition) is 3. The predicted octanol–water partition coefficient (Wildman–Crippen LogP) is 3.77. The first-order valence-electron chi connectivity index (χ1n) is 7.22. The topological polar surface area (TPSA) is 38.3 Å². The van der Waals surface area contributed by atoms with Crippen molar-refractivity contribution in [1.82, 2.24) is 0 Å². The van der Waals surface area contributed by atoms with E-state index in [0.717, 1.165) is 18.5 Å². The van der Waals surface area contributed by atoms with Gasteiger partial charge in [-0.3, -0.25) is 0 Å². The average molecular weight is 275 g/mol. The van der Waals surface area contributed by atoms with Gasteiger partial charge < -0.3 is 10.1 Å². The maximum absolute atomic E-state index is 12.4. The summed E-state index contributed by atoms with van der Waals surface area (Å²) in [4.78, 5) is 12.4. The monoisotopic (exact) mass is 275 g/mol. The van der Waals surface area contributed by atoms with E-state index in [1.54, 1.807) is 0 Å². The van der Waals surface area contributed by atoms with Crippen LogP contribution in [0.1, 0.15) is 39.2 Å². The number of methoxy groups -OCH3 is 1. The number of esters is 1. The quantitative estimate of drug-likeness (QED) is 0.853. The van der Waals surface area contributed by atoms with Crippen molar-refractivity contribution in [2.24, 2.45) is 11.3 Å². The largest absolute Gasteiger partial charge is 0.467 e. The molecule has 2 unspecified atom stereocenters. The summed E-state index contributed by atoms with van der Waals surface area (Å²) in [5.41, 5.74) is 1.69. The molecule has 1 aromatic rings. The first kappa shape index (κ1) is 14.9. The minimum atomic E-state index is -0.619. The smallest absolute Gasteiger partial charge is 0.331 e. The van der Waals surface area contributed by atoms with Gasteiger partial charge in [0, 0.05) is 5.69 Å². The number of anilines is 1. The van der Waals surface area contributed by atoms with Gasteiger partial charge in [0.25, 0.3) is 0 Å². The van der Waals surface area contributed by atoms with E-state index in [2.05, 4.69) is 45.1 Å². The van der Waals surface area contributed by atoms with Crippen LogP contribution in [0.2, 0.25) is 0 Å². The minimum absolute atomic E-state index is 0.143. The Morgan fingerprint density at radius 3 is 2.60 bits per heavy atom. The highest BCUT2D eigenvalue weighted by Crippen LogP contribution is 2.49. The maximum atomic E-state index is 12.4. The van der Waals surface area contributed by atoms with E-state index in [0.29, 0.717) is 0 Å². The molecule has 1 fully saturated rings. The van der Waals surface area contributed by atoms with E-state index in [-0.39, 0.29) is 17.3 Å². The third-order valence-corrected chi connectivity index (χ3v) is 4.39. The molecule has 1 aliphatic rings. The normalized spacial score (nSPS) is 28.1. The van der Waals surface area contributed by atoms with Crippen molar-refractivity contribution in [3.05, 3.63) is 29.8 Å². The molecule has 0 aliphatic heterocycles. The van der Waals surface area contributed by atoms with Gasteiger partial charge in [0.1, 0.15) is 5.54 Å². The zero-order chi connectivity index (χ0) is 15.0. The first-order valence-corrected chi connectivity index (χ1v) is 7.22. The van der Waals surface area contributed by atoms with Crippen LogP contribution >= 0.6 is 0 Å². The third kappa shape index (κ3) is 2.67. The summed E-state index contributed by atoms with van der Waals surface area (Å²) in [6.07, 6.45) is 1.81. The first-order chi connectivity index (χ1) is 9.29. The Kier molecular flexibility index (Phi) is 3.81. The van der Waals surface area contributed by atoms with Gasteiger partial charge in [-0.1, -0.05) is 32.9 Å². The summed E-state index contributed by atoms with van der Waals surface area (Å²) in [6.45, 7) is 8.62. The molecule has 0 spiro atoms. The van der Waals surface area contributed by atoms with Crippen molar-refractivity contribution in [2.75, 3.05) is 12.4 Å². The lowest BCUT2D eigenvalue weighted by Gasteiger charge is -2.33. The van der Waals surface area contributed by atoms with Crippen LogP contribution in [0, 0.1) is 18.3 Å². The summed E-state index contributed by atoms with van der Waals surface area (Å²) in [7, 11) is 1.47. The van der Waals surface area contributed by atoms with Crippen LogP contribution in [0.4, 0.5) is 5.69 Å². The van der Waals surface area contributed by atoms with E-state index >= 15 is 0 Å². The van der Waals surface area contributed by atoms with Crippen molar-refractivity contribution >= 4 is 11.7 Å². The molecule has 20 heavy (non-hydrogen) atoms. The number of aryl methyl sites for hydroxylation is 1. The fourth-order valence-electron chi connectivity index (χ4n) is 3.66. The molecule has 0 bridgehead atoms. The highest BCUT2D eigenvalue weighted by Gasteiger charge is 2.54. The molecule has 1 N–H and O–H groups in total. The molecule has 3 heteroatoms. The van der Waals surface area contributed by atoms with E-state index in [4.69, 9.17) is 4.74 Å². The summed E-state index contributed by atoms with van der Waals surface area (Å²) in [5, 5.41) is 3.48. The van der Waals surface area contributed by atoms with Gasteiger partial charge in [0.2, 0.25) is 0 Å². The van der Waals surface area contributed by atoms with Crippen LogP contribution in [0.5, 0.6) is 0 Å². The van der Waals surface area contributed by atoms with Gasteiger partial charge in [0.05, 0.1) is 7.11 Å². The molecule has 1 saturated carbocycles. The molecule has 0 aromatic heterocycles. The van der Waals surface area contributed by atoms with E-state index in [9.17, 15) is 4.79 Å². The number of benzene rings is 1. The van der Waals surface area contributed by atoms with Gasteiger partial charge in [0.15, 0.2) is 0 Å². The minimum Gasteiger partial charge on any atom is -0.467 e. The molecule has 2 rings (SSSR count). The fraction of sp³-hybridized carbons (Fsp3) is 0.588. The second kappa shape index (κ2) is 5.12. The Morgan fingerprint density at radius 1 is 1.40 bits per heavy atom. The molecule has 0 amide bonds. The molecule has 3 nitrogen and oxygen atoms in total. The van der Waals surface area contributed by atoms with Crippen molar-refractivity contribution in [2.45, 2.75) is 46.1 Å². The zero-order valence-corrected chi connectivity index (χ0v) is 13.1. The number of carbonyl (C=O) groups is 1. The summed E-state index contributed by atoms with van der Waals surface area (Å²) < 4.78 is 5.10. The van der Waals surface area contributed by atoms with E-state index in [1.807, 2.05) is 12.1 Å². The number of rotatable bonds is 3. The number of carbonyl (C=O) groups excluding carboxylic acids is 1. The highest BCUT2D eigenvalue weighted by molar-refractivity contribution is 5.85. The van der Waals surface area contributed by atoms with Crippen LogP contribution in [-0.2, 0) is 9.53 Å². The van der Waals surface area contributed by atoms with Crippen LogP contribution in [0.3, 0.4) is 0 Å². The average Bonchev–Trinajstić information content (AvgIpc) is 2.58. The van der Waals surface area contributed by atoms with Gasteiger partial charge in [-0.15, -0.1) is 0 Å². The third-order valence-electron chi connectivity index (χ3n) is 4.39. The van der Waals surface area contributed by atoms with E-state index in [1.165, 1.54) is 12.7 Å². The summed E-state index contributed by atoms with van der Waals surface area (Å²) in [6, 6.07) is 8.14. The second-order valence-corrected chi connectivity index (χ2v) is 6.90. The van der Waals surface area contributed by atoms with Crippen molar-refractivity contribution in [3.63, 3.8) is 0 Å². The lowest BCUT2D eigenvalue weighted by atomic mass is 9.86. The zero-order valence-electron chi connectivity index (χ0n) is 13.1. The van der Waals surface area contributed by atoms with Crippen LogP contribution in [0.15, 0.2) is 24.3 Å². The van der Waals surface area contributed by atoms with Crippen molar-refractivity contribution < 1.29 is 9.53 Å². The Morgan fingerprint density at radius 2 is 2.10 bits per heavy atom.